The van der Waals surface area contributed by atoms with Crippen molar-refractivity contribution in [2.75, 3.05) is 21.2 Å². The van der Waals surface area contributed by atoms with Crippen molar-refractivity contribution in [1.82, 2.24) is 4.90 Å². The summed E-state index contributed by atoms with van der Waals surface area (Å²) in [4.78, 5) is 13.4. The predicted molar refractivity (Wildman–Crippen MR) is 67.3 cm³/mol. The lowest BCUT2D eigenvalue weighted by molar-refractivity contribution is -0.145. The van der Waals surface area contributed by atoms with Gasteiger partial charge in [0.2, 0.25) is 0 Å². The second-order valence-electron chi connectivity index (χ2n) is 3.83. The third-order valence-electron chi connectivity index (χ3n) is 2.44. The van der Waals surface area contributed by atoms with Crippen LogP contribution in [0, 0.1) is 0 Å². The van der Waals surface area contributed by atoms with Crippen LogP contribution < -0.4 is 0 Å². The minimum atomic E-state index is -0.230. The van der Waals surface area contributed by atoms with Gasteiger partial charge in [0.05, 0.1) is 7.11 Å². The number of ether oxygens (including phenoxy) is 1. The highest BCUT2D eigenvalue weighted by molar-refractivity contribution is 9.10. The first-order chi connectivity index (χ1) is 7.54. The lowest BCUT2D eigenvalue weighted by Gasteiger charge is -2.21. The summed E-state index contributed by atoms with van der Waals surface area (Å²) < 4.78 is 5.82. The SMILES string of the molecule is COC(=O)C(Cc1ccc(Br)cc1)N(C)C. The first kappa shape index (κ1) is 13.2. The molecule has 0 radical (unpaired) electrons. The summed E-state index contributed by atoms with van der Waals surface area (Å²) in [5.74, 6) is -0.201. The monoisotopic (exact) mass is 285 g/mol. The summed E-state index contributed by atoms with van der Waals surface area (Å²) in [7, 11) is 5.17. The van der Waals surface area contributed by atoms with E-state index in [4.69, 9.17) is 4.74 Å². The maximum atomic E-state index is 11.6. The standard InChI is InChI=1S/C12H16BrNO2/c1-14(2)11(12(15)16-3)8-9-4-6-10(13)7-5-9/h4-7,11H,8H2,1-3H3. The smallest absolute Gasteiger partial charge is 0.323 e. The fourth-order valence-corrected chi connectivity index (χ4v) is 1.72. The molecular formula is C12H16BrNO2. The molecule has 0 amide bonds. The molecule has 88 valence electrons. The largest absolute Gasteiger partial charge is 0.468 e. The van der Waals surface area contributed by atoms with E-state index in [1.54, 1.807) is 0 Å². The fourth-order valence-electron chi connectivity index (χ4n) is 1.46. The number of carbonyl (C=O) groups excluding carboxylic acids is 1. The van der Waals surface area contributed by atoms with E-state index in [0.717, 1.165) is 10.0 Å². The molecule has 0 bridgehead atoms. The van der Waals surface area contributed by atoms with Crippen LogP contribution in [-0.2, 0) is 16.0 Å². The van der Waals surface area contributed by atoms with E-state index in [1.807, 2.05) is 43.3 Å². The molecule has 0 aromatic heterocycles. The highest BCUT2D eigenvalue weighted by atomic mass is 79.9. The zero-order valence-corrected chi connectivity index (χ0v) is 11.3. The van der Waals surface area contributed by atoms with Gasteiger partial charge in [-0.25, -0.2) is 0 Å². The van der Waals surface area contributed by atoms with Crippen molar-refractivity contribution in [2.45, 2.75) is 12.5 Å². The van der Waals surface area contributed by atoms with Crippen molar-refractivity contribution >= 4 is 21.9 Å². The van der Waals surface area contributed by atoms with Gasteiger partial charge in [0.15, 0.2) is 0 Å². The number of benzene rings is 1. The molecule has 0 aliphatic carbocycles. The number of halogens is 1. The van der Waals surface area contributed by atoms with Crippen LogP contribution in [-0.4, -0.2) is 38.1 Å². The Balaban J connectivity index is 2.75. The number of rotatable bonds is 4. The Labute approximate surface area is 105 Å². The van der Waals surface area contributed by atoms with Gasteiger partial charge in [-0.05, 0) is 38.2 Å². The van der Waals surface area contributed by atoms with Crippen LogP contribution in [0.5, 0.6) is 0 Å². The van der Waals surface area contributed by atoms with Gasteiger partial charge in [0, 0.05) is 4.47 Å². The van der Waals surface area contributed by atoms with Gasteiger partial charge in [-0.1, -0.05) is 28.1 Å². The molecule has 0 fully saturated rings. The molecule has 4 heteroatoms. The number of hydrogen-bond donors (Lipinski definition) is 0. The van der Waals surface area contributed by atoms with E-state index >= 15 is 0 Å². The second-order valence-corrected chi connectivity index (χ2v) is 4.75. The van der Waals surface area contributed by atoms with Crippen LogP contribution in [0.15, 0.2) is 28.7 Å². The van der Waals surface area contributed by atoms with E-state index in [2.05, 4.69) is 15.9 Å². The summed E-state index contributed by atoms with van der Waals surface area (Å²) in [5.41, 5.74) is 1.12. The Bertz CT molecular complexity index is 349. The van der Waals surface area contributed by atoms with Crippen LogP contribution in [0.2, 0.25) is 0 Å². The summed E-state index contributed by atoms with van der Waals surface area (Å²) in [6.45, 7) is 0. The minimum Gasteiger partial charge on any atom is -0.468 e. The van der Waals surface area contributed by atoms with Gasteiger partial charge in [0.1, 0.15) is 6.04 Å². The minimum absolute atomic E-state index is 0.201. The lowest BCUT2D eigenvalue weighted by Crippen LogP contribution is -2.38. The van der Waals surface area contributed by atoms with Gasteiger partial charge in [-0.3, -0.25) is 9.69 Å². The van der Waals surface area contributed by atoms with Crippen LogP contribution in [0.1, 0.15) is 5.56 Å². The van der Waals surface area contributed by atoms with Crippen molar-refractivity contribution in [1.29, 1.82) is 0 Å². The first-order valence-corrected chi connectivity index (χ1v) is 5.82. The molecule has 0 spiro atoms. The highest BCUT2D eigenvalue weighted by Crippen LogP contribution is 2.13. The zero-order valence-electron chi connectivity index (χ0n) is 9.74. The third-order valence-corrected chi connectivity index (χ3v) is 2.97. The van der Waals surface area contributed by atoms with Gasteiger partial charge in [-0.2, -0.15) is 0 Å². The average Bonchev–Trinajstić information content (AvgIpc) is 2.27. The number of carbonyl (C=O) groups is 1. The maximum absolute atomic E-state index is 11.6. The summed E-state index contributed by atoms with van der Waals surface area (Å²) >= 11 is 3.38. The number of likely N-dealkylation sites (N-methyl/N-ethyl adjacent to an activating group) is 1. The van der Waals surface area contributed by atoms with Crippen LogP contribution in [0.4, 0.5) is 0 Å². The van der Waals surface area contributed by atoms with Gasteiger partial charge >= 0.3 is 5.97 Å². The molecule has 0 aliphatic rings. The highest BCUT2D eigenvalue weighted by Gasteiger charge is 2.21. The number of nitrogens with zero attached hydrogens (tertiary/aromatic N) is 1. The Morgan fingerprint density at radius 3 is 2.38 bits per heavy atom. The molecule has 1 aromatic carbocycles. The molecule has 0 saturated carbocycles. The number of methoxy groups -OCH3 is 1. The normalized spacial score (nSPS) is 12.6. The second kappa shape index (κ2) is 6.01. The Hall–Kier alpha value is -0.870. The van der Waals surface area contributed by atoms with Crippen molar-refractivity contribution in [3.63, 3.8) is 0 Å². The molecule has 0 N–H and O–H groups in total. The molecule has 3 nitrogen and oxygen atoms in total. The Morgan fingerprint density at radius 1 is 1.38 bits per heavy atom. The Morgan fingerprint density at radius 2 is 1.94 bits per heavy atom. The summed E-state index contributed by atoms with van der Waals surface area (Å²) in [5, 5.41) is 0. The van der Waals surface area contributed by atoms with E-state index < -0.39 is 0 Å². The van der Waals surface area contributed by atoms with Gasteiger partial charge in [-0.15, -0.1) is 0 Å². The molecule has 1 aromatic rings. The average molecular weight is 286 g/mol. The fraction of sp³-hybridized carbons (Fsp3) is 0.417. The van der Waals surface area contributed by atoms with Crippen molar-refractivity contribution < 1.29 is 9.53 Å². The summed E-state index contributed by atoms with van der Waals surface area (Å²) in [6, 6.07) is 7.72. The van der Waals surface area contributed by atoms with Crippen molar-refractivity contribution in [3.05, 3.63) is 34.3 Å². The van der Waals surface area contributed by atoms with Crippen molar-refractivity contribution in [3.8, 4) is 0 Å². The predicted octanol–water partition coefficient (Wildman–Crippen LogP) is 2.09. The molecule has 16 heavy (non-hydrogen) atoms. The van der Waals surface area contributed by atoms with Crippen LogP contribution >= 0.6 is 15.9 Å². The van der Waals surface area contributed by atoms with Crippen LogP contribution in [0.3, 0.4) is 0 Å². The van der Waals surface area contributed by atoms with Crippen molar-refractivity contribution in [2.24, 2.45) is 0 Å². The van der Waals surface area contributed by atoms with E-state index in [0.29, 0.717) is 6.42 Å². The molecule has 0 heterocycles. The third kappa shape index (κ3) is 3.61. The summed E-state index contributed by atoms with van der Waals surface area (Å²) in [6.07, 6.45) is 0.660. The molecular weight excluding hydrogens is 270 g/mol. The van der Waals surface area contributed by atoms with E-state index in [1.165, 1.54) is 7.11 Å². The number of esters is 1. The number of hydrogen-bond acceptors (Lipinski definition) is 3. The topological polar surface area (TPSA) is 29.5 Å². The maximum Gasteiger partial charge on any atom is 0.323 e. The van der Waals surface area contributed by atoms with Gasteiger partial charge < -0.3 is 4.74 Å². The molecule has 1 rings (SSSR count). The Kier molecular flexibility index (Phi) is 4.96. The first-order valence-electron chi connectivity index (χ1n) is 5.03. The van der Waals surface area contributed by atoms with E-state index in [9.17, 15) is 4.79 Å². The zero-order chi connectivity index (χ0) is 12.1. The quantitative estimate of drug-likeness (QED) is 0.794. The van der Waals surface area contributed by atoms with E-state index in [-0.39, 0.29) is 12.0 Å². The molecule has 1 unspecified atom stereocenters. The van der Waals surface area contributed by atoms with Crippen LogP contribution in [0.25, 0.3) is 0 Å². The molecule has 0 aliphatic heterocycles. The molecule has 1 atom stereocenters. The van der Waals surface area contributed by atoms with Gasteiger partial charge in [0.25, 0.3) is 0 Å². The molecule has 0 saturated heterocycles. The lowest BCUT2D eigenvalue weighted by atomic mass is 10.1.